The van der Waals surface area contributed by atoms with Gasteiger partial charge in [-0.3, -0.25) is 0 Å². The van der Waals surface area contributed by atoms with E-state index in [0.29, 0.717) is 24.5 Å². The lowest BCUT2D eigenvalue weighted by molar-refractivity contribution is 0.0520. The van der Waals surface area contributed by atoms with Crippen LogP contribution >= 0.6 is 0 Å². The topological polar surface area (TPSA) is 50.4 Å². The Labute approximate surface area is 144 Å². The van der Waals surface area contributed by atoms with E-state index < -0.39 is 5.60 Å². The van der Waals surface area contributed by atoms with Crippen molar-refractivity contribution in [2.75, 3.05) is 6.54 Å². The molecule has 0 aromatic heterocycles. The molecule has 0 aromatic rings. The Kier molecular flexibility index (Phi) is 11.3. The van der Waals surface area contributed by atoms with Gasteiger partial charge in [0.1, 0.15) is 5.60 Å². The van der Waals surface area contributed by atoms with E-state index in [0.717, 1.165) is 6.42 Å². The second-order valence-corrected chi connectivity index (χ2v) is 8.13. The lowest BCUT2D eigenvalue weighted by Crippen LogP contribution is -2.46. The second-order valence-electron chi connectivity index (χ2n) is 8.13. The summed E-state index contributed by atoms with van der Waals surface area (Å²) in [5, 5.41) is 6.58. The van der Waals surface area contributed by atoms with Crippen LogP contribution < -0.4 is 10.6 Å². The fourth-order valence-corrected chi connectivity index (χ4v) is 2.66. The predicted octanol–water partition coefficient (Wildman–Crippen LogP) is 4.87. The number of carbonyl (C=O) groups is 1. The third kappa shape index (κ3) is 14.5. The smallest absolute Gasteiger partial charge is 0.407 e. The maximum Gasteiger partial charge on any atom is 0.407 e. The molecule has 0 aromatic carbocycles. The van der Waals surface area contributed by atoms with Crippen molar-refractivity contribution < 1.29 is 9.53 Å². The molecule has 0 radical (unpaired) electrons. The Bertz CT molecular complexity index is 311. The molecular weight excluding hydrogens is 288 g/mol. The first-order valence-electron chi connectivity index (χ1n) is 9.37. The van der Waals surface area contributed by atoms with Crippen molar-refractivity contribution >= 4 is 6.09 Å². The number of unbranched alkanes of at least 4 members (excludes halogenated alkanes) is 3. The van der Waals surface area contributed by atoms with E-state index in [-0.39, 0.29) is 6.09 Å². The van der Waals surface area contributed by atoms with E-state index in [1.807, 2.05) is 20.8 Å². The van der Waals surface area contributed by atoms with Crippen LogP contribution in [0.2, 0.25) is 0 Å². The molecule has 0 saturated heterocycles. The summed E-state index contributed by atoms with van der Waals surface area (Å²) in [6.07, 6.45) is 7.10. The van der Waals surface area contributed by atoms with Crippen LogP contribution in [0, 0.1) is 5.92 Å². The van der Waals surface area contributed by atoms with Gasteiger partial charge < -0.3 is 15.4 Å². The van der Waals surface area contributed by atoms with Crippen molar-refractivity contribution in [1.29, 1.82) is 0 Å². The molecule has 23 heavy (non-hydrogen) atoms. The van der Waals surface area contributed by atoms with Gasteiger partial charge >= 0.3 is 6.09 Å². The molecule has 2 N–H and O–H groups in total. The van der Waals surface area contributed by atoms with Crippen molar-refractivity contribution in [2.24, 2.45) is 5.92 Å². The molecule has 4 nitrogen and oxygen atoms in total. The fourth-order valence-electron chi connectivity index (χ4n) is 2.66. The summed E-state index contributed by atoms with van der Waals surface area (Å²) in [6, 6.07) is 0.778. The van der Waals surface area contributed by atoms with Crippen molar-refractivity contribution in [3.63, 3.8) is 0 Å². The van der Waals surface area contributed by atoms with E-state index in [4.69, 9.17) is 4.74 Å². The number of ether oxygens (including phenoxy) is 1. The Hall–Kier alpha value is -0.770. The molecule has 0 bridgehead atoms. The molecule has 2 unspecified atom stereocenters. The highest BCUT2D eigenvalue weighted by molar-refractivity contribution is 5.67. The average Bonchev–Trinajstić information content (AvgIpc) is 2.38. The first kappa shape index (κ1) is 22.2. The standard InChI is InChI=1S/C19H40N2O2/c1-8-9-10-11-12-16(4)21-17(13-15(2)3)14-20-18(22)23-19(5,6)7/h15-17,21H,8-14H2,1-7H3,(H,20,22). The summed E-state index contributed by atoms with van der Waals surface area (Å²) in [6.45, 7) is 15.2. The zero-order chi connectivity index (χ0) is 17.9. The normalized spacial score (nSPS) is 14.6. The number of amides is 1. The van der Waals surface area contributed by atoms with Crippen LogP contribution in [0.5, 0.6) is 0 Å². The van der Waals surface area contributed by atoms with Gasteiger partial charge in [0.15, 0.2) is 0 Å². The lowest BCUT2D eigenvalue weighted by atomic mass is 10.0. The molecule has 0 heterocycles. The Morgan fingerprint density at radius 1 is 1.09 bits per heavy atom. The predicted molar refractivity (Wildman–Crippen MR) is 98.8 cm³/mol. The summed E-state index contributed by atoms with van der Waals surface area (Å²) in [5.74, 6) is 0.597. The molecule has 1 amide bonds. The molecule has 0 aliphatic carbocycles. The molecule has 4 heteroatoms. The number of carbonyl (C=O) groups excluding carboxylic acids is 1. The molecule has 0 aliphatic heterocycles. The van der Waals surface area contributed by atoms with Crippen molar-refractivity contribution in [3.05, 3.63) is 0 Å². The van der Waals surface area contributed by atoms with Crippen LogP contribution in [-0.2, 0) is 4.74 Å². The van der Waals surface area contributed by atoms with E-state index >= 15 is 0 Å². The maximum atomic E-state index is 11.8. The van der Waals surface area contributed by atoms with Gasteiger partial charge in [0.05, 0.1) is 0 Å². The van der Waals surface area contributed by atoms with Gasteiger partial charge in [-0.05, 0) is 46.5 Å². The van der Waals surface area contributed by atoms with Crippen molar-refractivity contribution in [2.45, 2.75) is 105 Å². The SMILES string of the molecule is CCCCCCC(C)NC(CNC(=O)OC(C)(C)C)CC(C)C. The van der Waals surface area contributed by atoms with Crippen LogP contribution in [-0.4, -0.2) is 30.3 Å². The van der Waals surface area contributed by atoms with E-state index in [9.17, 15) is 4.79 Å². The highest BCUT2D eigenvalue weighted by atomic mass is 16.6. The third-order valence-electron chi connectivity index (χ3n) is 3.66. The van der Waals surface area contributed by atoms with Crippen LogP contribution in [0.25, 0.3) is 0 Å². The minimum absolute atomic E-state index is 0.295. The minimum Gasteiger partial charge on any atom is -0.444 e. The van der Waals surface area contributed by atoms with Gasteiger partial charge in [-0.1, -0.05) is 46.5 Å². The minimum atomic E-state index is -0.447. The van der Waals surface area contributed by atoms with Crippen LogP contribution in [0.1, 0.15) is 87.0 Å². The van der Waals surface area contributed by atoms with E-state index in [2.05, 4.69) is 38.3 Å². The molecule has 0 spiro atoms. The van der Waals surface area contributed by atoms with Gasteiger partial charge in [0.25, 0.3) is 0 Å². The summed E-state index contributed by atoms with van der Waals surface area (Å²) in [5.41, 5.74) is -0.447. The van der Waals surface area contributed by atoms with E-state index in [1.165, 1.54) is 32.1 Å². The zero-order valence-corrected chi connectivity index (χ0v) is 16.5. The van der Waals surface area contributed by atoms with Gasteiger partial charge in [-0.25, -0.2) is 4.79 Å². The maximum absolute atomic E-state index is 11.8. The molecule has 138 valence electrons. The van der Waals surface area contributed by atoms with Crippen LogP contribution in [0.3, 0.4) is 0 Å². The monoisotopic (exact) mass is 328 g/mol. The van der Waals surface area contributed by atoms with Gasteiger partial charge in [0, 0.05) is 18.6 Å². The average molecular weight is 329 g/mol. The summed E-state index contributed by atoms with van der Waals surface area (Å²) in [7, 11) is 0. The molecule has 0 saturated carbocycles. The third-order valence-corrected chi connectivity index (χ3v) is 3.66. The zero-order valence-electron chi connectivity index (χ0n) is 16.5. The molecule has 0 fully saturated rings. The van der Waals surface area contributed by atoms with Crippen LogP contribution in [0.15, 0.2) is 0 Å². The second kappa shape index (κ2) is 11.7. The highest BCUT2D eigenvalue weighted by Gasteiger charge is 2.19. The molecule has 2 atom stereocenters. The number of nitrogens with one attached hydrogen (secondary N) is 2. The van der Waals surface area contributed by atoms with Gasteiger partial charge in [-0.15, -0.1) is 0 Å². The fraction of sp³-hybridized carbons (Fsp3) is 0.947. The summed E-state index contributed by atoms with van der Waals surface area (Å²) in [4.78, 5) is 11.8. The Balaban J connectivity index is 4.22. The largest absolute Gasteiger partial charge is 0.444 e. The molecule has 0 aliphatic rings. The highest BCUT2D eigenvalue weighted by Crippen LogP contribution is 2.10. The molecule has 0 rings (SSSR count). The lowest BCUT2D eigenvalue weighted by Gasteiger charge is -2.26. The van der Waals surface area contributed by atoms with Gasteiger partial charge in [0.2, 0.25) is 0 Å². The Morgan fingerprint density at radius 3 is 2.26 bits per heavy atom. The first-order valence-corrected chi connectivity index (χ1v) is 9.37. The first-order chi connectivity index (χ1) is 10.6. The van der Waals surface area contributed by atoms with Crippen LogP contribution in [0.4, 0.5) is 4.79 Å². The molecular formula is C19H40N2O2. The number of alkyl carbamates (subject to hydrolysis) is 1. The number of hydrogen-bond acceptors (Lipinski definition) is 3. The summed E-state index contributed by atoms with van der Waals surface area (Å²) >= 11 is 0. The summed E-state index contributed by atoms with van der Waals surface area (Å²) < 4.78 is 5.31. The quantitative estimate of drug-likeness (QED) is 0.532. The number of rotatable bonds is 11. The van der Waals surface area contributed by atoms with Crippen molar-refractivity contribution in [1.82, 2.24) is 10.6 Å². The Morgan fingerprint density at radius 2 is 1.74 bits per heavy atom. The van der Waals surface area contributed by atoms with Crippen molar-refractivity contribution in [3.8, 4) is 0 Å². The van der Waals surface area contributed by atoms with Gasteiger partial charge in [-0.2, -0.15) is 0 Å². The van der Waals surface area contributed by atoms with E-state index in [1.54, 1.807) is 0 Å². The number of hydrogen-bond donors (Lipinski definition) is 2.